The first-order valence-electron chi connectivity index (χ1n) is 5.35. The number of nitrogens with zero attached hydrogens (tertiary/aromatic N) is 3. The number of imidazole rings is 1. The van der Waals surface area contributed by atoms with Gasteiger partial charge in [0.2, 0.25) is 0 Å². The molecule has 1 aromatic rings. The molecule has 8 heteroatoms. The summed E-state index contributed by atoms with van der Waals surface area (Å²) in [6.45, 7) is 3.06. The zero-order chi connectivity index (χ0) is 14.1. The topological polar surface area (TPSA) is 92.5 Å². The van der Waals surface area contributed by atoms with Gasteiger partial charge in [-0.05, 0) is 6.92 Å². The van der Waals surface area contributed by atoms with E-state index in [-0.39, 0.29) is 11.6 Å². The van der Waals surface area contributed by atoms with Crippen molar-refractivity contribution >= 4 is 16.0 Å². The summed E-state index contributed by atoms with van der Waals surface area (Å²) in [6.07, 6.45) is 1.41. The Balaban J connectivity index is 2.96. The number of sulfonamides is 1. The molecule has 0 spiro atoms. The lowest BCUT2D eigenvalue weighted by Gasteiger charge is -2.17. The summed E-state index contributed by atoms with van der Waals surface area (Å²) in [5.74, 6) is -1.22. The molecule has 1 heterocycles. The fourth-order valence-electron chi connectivity index (χ4n) is 1.37. The van der Waals surface area contributed by atoms with Gasteiger partial charge in [0.25, 0.3) is 10.0 Å². The van der Waals surface area contributed by atoms with Gasteiger partial charge in [0.1, 0.15) is 5.82 Å². The smallest absolute Gasteiger partial charge is 0.307 e. The number of carbonyl (C=O) groups is 1. The summed E-state index contributed by atoms with van der Waals surface area (Å²) in [4.78, 5) is 14.7. The predicted molar refractivity (Wildman–Crippen MR) is 64.6 cm³/mol. The molecule has 0 aliphatic heterocycles. The second-order valence-electron chi connectivity index (χ2n) is 4.26. The molecule has 1 rings (SSSR count). The predicted octanol–water partition coefficient (Wildman–Crippen LogP) is 0.0697. The molecule has 102 valence electrons. The summed E-state index contributed by atoms with van der Waals surface area (Å²) in [6, 6.07) is 0. The maximum absolute atomic E-state index is 12.1. The van der Waals surface area contributed by atoms with Gasteiger partial charge < -0.3 is 9.67 Å². The average Bonchev–Trinajstić information content (AvgIpc) is 2.59. The Morgan fingerprint density at radius 3 is 2.56 bits per heavy atom. The molecule has 0 aliphatic rings. The Morgan fingerprint density at radius 2 is 2.17 bits per heavy atom. The molecule has 0 amide bonds. The summed E-state index contributed by atoms with van der Waals surface area (Å²) in [5, 5.41) is 8.71. The highest BCUT2D eigenvalue weighted by molar-refractivity contribution is 7.89. The van der Waals surface area contributed by atoms with E-state index < -0.39 is 21.9 Å². The van der Waals surface area contributed by atoms with Crippen LogP contribution in [0.4, 0.5) is 0 Å². The van der Waals surface area contributed by atoms with Crippen LogP contribution in [-0.4, -0.2) is 46.9 Å². The molecule has 0 radical (unpaired) electrons. The minimum atomic E-state index is -3.73. The van der Waals surface area contributed by atoms with Gasteiger partial charge in [0.15, 0.2) is 5.03 Å². The highest BCUT2D eigenvalue weighted by atomic mass is 32.2. The maximum atomic E-state index is 12.1. The Hall–Kier alpha value is -1.41. The van der Waals surface area contributed by atoms with Crippen molar-refractivity contribution in [2.45, 2.75) is 18.9 Å². The molecule has 0 aliphatic carbocycles. The highest BCUT2D eigenvalue weighted by Gasteiger charge is 2.27. The van der Waals surface area contributed by atoms with Gasteiger partial charge in [0.05, 0.1) is 5.92 Å². The minimum absolute atomic E-state index is 0.0670. The summed E-state index contributed by atoms with van der Waals surface area (Å²) < 4.78 is 26.8. The van der Waals surface area contributed by atoms with E-state index in [9.17, 15) is 13.2 Å². The number of hydrogen-bond acceptors (Lipinski definition) is 4. The number of aryl methyl sites for hydroxylation is 2. The normalized spacial score (nSPS) is 13.8. The van der Waals surface area contributed by atoms with Gasteiger partial charge in [-0.15, -0.1) is 0 Å². The molecule has 1 aromatic heterocycles. The van der Waals surface area contributed by atoms with Crippen molar-refractivity contribution in [1.82, 2.24) is 13.9 Å². The summed E-state index contributed by atoms with van der Waals surface area (Å²) >= 11 is 0. The van der Waals surface area contributed by atoms with E-state index in [1.807, 2.05) is 0 Å². The van der Waals surface area contributed by atoms with E-state index in [1.54, 1.807) is 18.5 Å². The van der Waals surface area contributed by atoms with Crippen LogP contribution in [0.5, 0.6) is 0 Å². The lowest BCUT2D eigenvalue weighted by Crippen LogP contribution is -2.33. The SMILES string of the molecule is Cc1nc(S(=O)(=O)N(C)CC(C)C(=O)O)cn1C. The van der Waals surface area contributed by atoms with Crippen LogP contribution in [0, 0.1) is 12.8 Å². The fraction of sp³-hybridized carbons (Fsp3) is 0.600. The van der Waals surface area contributed by atoms with Gasteiger partial charge in [-0.3, -0.25) is 4.79 Å². The zero-order valence-corrected chi connectivity index (χ0v) is 11.6. The monoisotopic (exact) mass is 275 g/mol. The van der Waals surface area contributed by atoms with Crippen LogP contribution < -0.4 is 0 Å². The molecule has 1 unspecified atom stereocenters. The van der Waals surface area contributed by atoms with Gasteiger partial charge in [-0.2, -0.15) is 4.31 Å². The van der Waals surface area contributed by atoms with E-state index in [1.165, 1.54) is 20.2 Å². The quantitative estimate of drug-likeness (QED) is 0.821. The van der Waals surface area contributed by atoms with E-state index in [4.69, 9.17) is 5.11 Å². The van der Waals surface area contributed by atoms with Gasteiger partial charge >= 0.3 is 5.97 Å². The average molecular weight is 275 g/mol. The standard InChI is InChI=1S/C10H17N3O4S/c1-7(10(14)15)5-13(4)18(16,17)9-6-12(3)8(2)11-9/h6-7H,5H2,1-4H3,(H,14,15). The molecular formula is C10H17N3O4S. The van der Waals surface area contributed by atoms with E-state index in [0.29, 0.717) is 5.82 Å². The van der Waals surface area contributed by atoms with E-state index >= 15 is 0 Å². The molecule has 0 aromatic carbocycles. The molecular weight excluding hydrogens is 258 g/mol. The lowest BCUT2D eigenvalue weighted by atomic mass is 10.2. The van der Waals surface area contributed by atoms with Crippen molar-refractivity contribution in [3.63, 3.8) is 0 Å². The lowest BCUT2D eigenvalue weighted by molar-refractivity contribution is -0.141. The molecule has 18 heavy (non-hydrogen) atoms. The Labute approximate surface area is 106 Å². The number of hydrogen-bond donors (Lipinski definition) is 1. The molecule has 0 saturated carbocycles. The van der Waals surface area contributed by atoms with Crippen molar-refractivity contribution in [2.24, 2.45) is 13.0 Å². The second-order valence-corrected chi connectivity index (χ2v) is 6.25. The van der Waals surface area contributed by atoms with Gasteiger partial charge in [0, 0.05) is 26.8 Å². The summed E-state index contributed by atoms with van der Waals surface area (Å²) in [5.41, 5.74) is 0. The van der Waals surface area contributed by atoms with Crippen molar-refractivity contribution < 1.29 is 18.3 Å². The molecule has 0 fully saturated rings. The third-order valence-corrected chi connectivity index (χ3v) is 4.41. The Kier molecular flexibility index (Phi) is 4.12. The van der Waals surface area contributed by atoms with E-state index in [0.717, 1.165) is 4.31 Å². The first kappa shape index (κ1) is 14.7. The first-order valence-corrected chi connectivity index (χ1v) is 6.79. The number of aliphatic carboxylic acids is 1. The van der Waals surface area contributed by atoms with Crippen molar-refractivity contribution in [3.05, 3.63) is 12.0 Å². The van der Waals surface area contributed by atoms with Crippen LogP contribution in [0.3, 0.4) is 0 Å². The fourth-order valence-corrected chi connectivity index (χ4v) is 2.65. The molecule has 1 N–H and O–H groups in total. The zero-order valence-electron chi connectivity index (χ0n) is 10.8. The molecule has 7 nitrogen and oxygen atoms in total. The van der Waals surface area contributed by atoms with Crippen LogP contribution in [0.15, 0.2) is 11.2 Å². The second kappa shape index (κ2) is 5.07. The maximum Gasteiger partial charge on any atom is 0.307 e. The van der Waals surface area contributed by atoms with Gasteiger partial charge in [-0.1, -0.05) is 6.92 Å². The molecule has 1 atom stereocenters. The Morgan fingerprint density at radius 1 is 1.61 bits per heavy atom. The van der Waals surface area contributed by atoms with Crippen LogP contribution in [0.1, 0.15) is 12.7 Å². The van der Waals surface area contributed by atoms with Crippen molar-refractivity contribution in [1.29, 1.82) is 0 Å². The number of aromatic nitrogens is 2. The van der Waals surface area contributed by atoms with E-state index in [2.05, 4.69) is 4.98 Å². The largest absolute Gasteiger partial charge is 0.481 e. The molecule has 0 bridgehead atoms. The number of rotatable bonds is 5. The van der Waals surface area contributed by atoms with Crippen LogP contribution in [0.2, 0.25) is 0 Å². The van der Waals surface area contributed by atoms with Crippen LogP contribution in [0.25, 0.3) is 0 Å². The van der Waals surface area contributed by atoms with Crippen LogP contribution in [-0.2, 0) is 21.9 Å². The third kappa shape index (κ3) is 2.88. The number of carboxylic acid groups (broad SMARTS) is 1. The first-order chi connectivity index (χ1) is 8.16. The number of carboxylic acids is 1. The third-order valence-electron chi connectivity index (χ3n) is 2.71. The molecule has 0 saturated heterocycles. The Bertz CT molecular complexity index is 530. The summed E-state index contributed by atoms with van der Waals surface area (Å²) in [7, 11) is -0.690. The van der Waals surface area contributed by atoms with Crippen molar-refractivity contribution in [3.8, 4) is 0 Å². The van der Waals surface area contributed by atoms with Gasteiger partial charge in [-0.25, -0.2) is 13.4 Å². The minimum Gasteiger partial charge on any atom is -0.481 e. The van der Waals surface area contributed by atoms with Crippen LogP contribution >= 0.6 is 0 Å². The highest BCUT2D eigenvalue weighted by Crippen LogP contribution is 2.14. The van der Waals surface area contributed by atoms with Crippen molar-refractivity contribution in [2.75, 3.05) is 13.6 Å².